The summed E-state index contributed by atoms with van der Waals surface area (Å²) >= 11 is 0. The van der Waals surface area contributed by atoms with Crippen molar-refractivity contribution in [1.82, 2.24) is 0 Å². The van der Waals surface area contributed by atoms with E-state index in [4.69, 9.17) is 19.5 Å². The lowest BCUT2D eigenvalue weighted by molar-refractivity contribution is -0.143. The van der Waals surface area contributed by atoms with E-state index in [9.17, 15) is 4.79 Å². The Labute approximate surface area is 108 Å². The molecular formula is C13H21NO4. The van der Waals surface area contributed by atoms with Crippen LogP contribution in [0.3, 0.4) is 0 Å². The number of ether oxygens (including phenoxy) is 3. The Kier molecular flexibility index (Phi) is 9.93. The monoisotopic (exact) mass is 255 g/mol. The minimum Gasteiger partial charge on any atom is -0.460 e. The molecule has 0 heterocycles. The summed E-state index contributed by atoms with van der Waals surface area (Å²) in [4.78, 5) is 11.1. The fourth-order valence-electron chi connectivity index (χ4n) is 1.21. The maximum absolute atomic E-state index is 11.1. The van der Waals surface area contributed by atoms with Crippen LogP contribution >= 0.6 is 0 Å². The van der Waals surface area contributed by atoms with Gasteiger partial charge < -0.3 is 14.2 Å². The number of nitriles is 1. The van der Waals surface area contributed by atoms with Crippen LogP contribution in [0.4, 0.5) is 0 Å². The SMILES string of the molecule is CCC(COC(CC)COC(=O)C=CC#N)OC. The average Bonchev–Trinajstić information content (AvgIpc) is 2.40. The number of methoxy groups -OCH3 is 1. The molecule has 0 spiro atoms. The highest BCUT2D eigenvalue weighted by Crippen LogP contribution is 2.04. The van der Waals surface area contributed by atoms with E-state index >= 15 is 0 Å². The topological polar surface area (TPSA) is 68.5 Å². The first kappa shape index (κ1) is 16.6. The number of carbonyl (C=O) groups excluding carboxylic acids is 1. The Balaban J connectivity index is 3.94. The molecule has 0 bridgehead atoms. The second kappa shape index (κ2) is 10.8. The van der Waals surface area contributed by atoms with Crippen molar-refractivity contribution in [2.45, 2.75) is 38.9 Å². The van der Waals surface area contributed by atoms with Crippen molar-refractivity contribution in [1.29, 1.82) is 5.26 Å². The lowest BCUT2D eigenvalue weighted by Gasteiger charge is -2.19. The molecule has 0 aromatic rings. The molecule has 18 heavy (non-hydrogen) atoms. The van der Waals surface area contributed by atoms with Crippen LogP contribution in [0, 0.1) is 11.3 Å². The van der Waals surface area contributed by atoms with Crippen molar-refractivity contribution in [2.24, 2.45) is 0 Å². The van der Waals surface area contributed by atoms with Gasteiger partial charge in [0, 0.05) is 19.3 Å². The van der Waals surface area contributed by atoms with Crippen molar-refractivity contribution in [3.05, 3.63) is 12.2 Å². The van der Waals surface area contributed by atoms with Gasteiger partial charge in [-0.05, 0) is 12.8 Å². The molecule has 0 aromatic heterocycles. The third-order valence-electron chi connectivity index (χ3n) is 2.47. The number of allylic oxidation sites excluding steroid dienone is 1. The molecule has 0 radical (unpaired) electrons. The van der Waals surface area contributed by atoms with Gasteiger partial charge in [0.2, 0.25) is 0 Å². The molecule has 102 valence electrons. The zero-order valence-electron chi connectivity index (χ0n) is 11.2. The number of nitrogens with zero attached hydrogens (tertiary/aromatic N) is 1. The quantitative estimate of drug-likeness (QED) is 0.357. The smallest absolute Gasteiger partial charge is 0.331 e. The highest BCUT2D eigenvalue weighted by atomic mass is 16.6. The van der Waals surface area contributed by atoms with Crippen molar-refractivity contribution < 1.29 is 19.0 Å². The van der Waals surface area contributed by atoms with Crippen LogP contribution in [0.1, 0.15) is 26.7 Å². The fourth-order valence-corrected chi connectivity index (χ4v) is 1.21. The first-order valence-corrected chi connectivity index (χ1v) is 6.05. The van der Waals surface area contributed by atoms with Gasteiger partial charge in [0.1, 0.15) is 6.61 Å². The van der Waals surface area contributed by atoms with E-state index in [1.165, 1.54) is 0 Å². The minimum absolute atomic E-state index is 0.0632. The van der Waals surface area contributed by atoms with Gasteiger partial charge in [-0.25, -0.2) is 4.79 Å². The molecule has 0 rings (SSSR count). The normalized spacial score (nSPS) is 14.1. The van der Waals surface area contributed by atoms with E-state index < -0.39 is 5.97 Å². The molecule has 0 saturated heterocycles. The Hall–Kier alpha value is -1.38. The lowest BCUT2D eigenvalue weighted by atomic mass is 10.2. The molecule has 0 N–H and O–H groups in total. The maximum atomic E-state index is 11.1. The average molecular weight is 255 g/mol. The predicted octanol–water partition coefficient (Wildman–Crippen LogP) is 1.83. The Morgan fingerprint density at radius 3 is 2.44 bits per heavy atom. The van der Waals surface area contributed by atoms with E-state index in [0.717, 1.165) is 25.0 Å². The van der Waals surface area contributed by atoms with Crippen molar-refractivity contribution in [2.75, 3.05) is 20.3 Å². The molecule has 0 fully saturated rings. The van der Waals surface area contributed by atoms with Crippen LogP contribution in [0.15, 0.2) is 12.2 Å². The summed E-state index contributed by atoms with van der Waals surface area (Å²) in [5.41, 5.74) is 0. The number of rotatable bonds is 9. The summed E-state index contributed by atoms with van der Waals surface area (Å²) in [6.45, 7) is 4.64. The van der Waals surface area contributed by atoms with E-state index in [-0.39, 0.29) is 18.8 Å². The summed E-state index contributed by atoms with van der Waals surface area (Å²) in [5, 5.41) is 8.26. The molecule has 0 saturated carbocycles. The van der Waals surface area contributed by atoms with E-state index in [0.29, 0.717) is 6.61 Å². The van der Waals surface area contributed by atoms with Crippen LogP contribution in [-0.4, -0.2) is 38.5 Å². The zero-order chi connectivity index (χ0) is 13.8. The highest BCUT2D eigenvalue weighted by molar-refractivity contribution is 5.82. The summed E-state index contributed by atoms with van der Waals surface area (Å²) in [6, 6.07) is 1.73. The molecule has 0 amide bonds. The fraction of sp³-hybridized carbons (Fsp3) is 0.692. The number of hydrogen-bond acceptors (Lipinski definition) is 5. The van der Waals surface area contributed by atoms with Gasteiger partial charge >= 0.3 is 5.97 Å². The molecule has 0 aliphatic rings. The second-order valence-corrected chi connectivity index (χ2v) is 3.72. The summed E-state index contributed by atoms with van der Waals surface area (Å²) in [7, 11) is 1.64. The zero-order valence-corrected chi connectivity index (χ0v) is 11.2. The largest absolute Gasteiger partial charge is 0.460 e. The Bertz CT molecular complexity index is 292. The van der Waals surface area contributed by atoms with E-state index in [2.05, 4.69) is 0 Å². The van der Waals surface area contributed by atoms with Crippen molar-refractivity contribution in [3.63, 3.8) is 0 Å². The summed E-state index contributed by atoms with van der Waals surface area (Å²) in [5.74, 6) is -0.530. The minimum atomic E-state index is -0.530. The van der Waals surface area contributed by atoms with Crippen molar-refractivity contribution >= 4 is 5.97 Å². The molecule has 0 aliphatic heterocycles. The number of hydrogen-bond donors (Lipinski definition) is 0. The van der Waals surface area contributed by atoms with Crippen LogP contribution in [0.2, 0.25) is 0 Å². The maximum Gasteiger partial charge on any atom is 0.331 e. The summed E-state index contributed by atoms with van der Waals surface area (Å²) in [6.07, 6.45) is 3.72. The van der Waals surface area contributed by atoms with Gasteiger partial charge in [0.05, 0.1) is 24.9 Å². The Morgan fingerprint density at radius 1 is 1.28 bits per heavy atom. The Morgan fingerprint density at radius 2 is 1.94 bits per heavy atom. The van der Waals surface area contributed by atoms with Crippen LogP contribution in [0.5, 0.6) is 0 Å². The molecule has 0 aromatic carbocycles. The molecule has 5 heteroatoms. The third kappa shape index (κ3) is 7.82. The van der Waals surface area contributed by atoms with Gasteiger partial charge in [-0.1, -0.05) is 13.8 Å². The molecule has 0 aliphatic carbocycles. The van der Waals surface area contributed by atoms with Crippen molar-refractivity contribution in [3.8, 4) is 6.07 Å². The van der Waals surface area contributed by atoms with E-state index in [1.54, 1.807) is 13.2 Å². The summed E-state index contributed by atoms with van der Waals surface area (Å²) < 4.78 is 15.7. The van der Waals surface area contributed by atoms with Gasteiger partial charge in [-0.3, -0.25) is 0 Å². The van der Waals surface area contributed by atoms with Crippen LogP contribution in [-0.2, 0) is 19.0 Å². The highest BCUT2D eigenvalue weighted by Gasteiger charge is 2.12. The predicted molar refractivity (Wildman–Crippen MR) is 66.8 cm³/mol. The number of esters is 1. The van der Waals surface area contributed by atoms with Gasteiger partial charge in [0.15, 0.2) is 0 Å². The second-order valence-electron chi connectivity index (χ2n) is 3.72. The van der Waals surface area contributed by atoms with Crippen LogP contribution in [0.25, 0.3) is 0 Å². The molecule has 2 atom stereocenters. The number of carbonyl (C=O) groups is 1. The van der Waals surface area contributed by atoms with Gasteiger partial charge in [0.25, 0.3) is 0 Å². The molecular weight excluding hydrogens is 234 g/mol. The standard InChI is InChI=1S/C13H21NO4/c1-4-11(16-3)9-17-12(5-2)10-18-13(15)7-6-8-14/h6-7,11-12H,4-5,9-10H2,1-3H3. The molecule has 5 nitrogen and oxygen atoms in total. The first-order chi connectivity index (χ1) is 8.67. The van der Waals surface area contributed by atoms with Gasteiger partial charge in [-0.2, -0.15) is 5.26 Å². The van der Waals surface area contributed by atoms with Crippen LogP contribution < -0.4 is 0 Å². The van der Waals surface area contributed by atoms with Gasteiger partial charge in [-0.15, -0.1) is 0 Å². The molecule has 2 unspecified atom stereocenters. The third-order valence-corrected chi connectivity index (χ3v) is 2.47. The lowest BCUT2D eigenvalue weighted by Crippen LogP contribution is -2.26. The van der Waals surface area contributed by atoms with E-state index in [1.807, 2.05) is 13.8 Å². The first-order valence-electron chi connectivity index (χ1n) is 6.05.